The molecule has 0 aliphatic heterocycles. The second-order valence-corrected chi connectivity index (χ2v) is 4.30. The van der Waals surface area contributed by atoms with Crippen molar-refractivity contribution in [1.82, 2.24) is 0 Å². The van der Waals surface area contributed by atoms with Gasteiger partial charge in [-0.3, -0.25) is 0 Å². The summed E-state index contributed by atoms with van der Waals surface area (Å²) >= 11 is 0. The van der Waals surface area contributed by atoms with Crippen LogP contribution in [0.25, 0.3) is 0 Å². The van der Waals surface area contributed by atoms with Gasteiger partial charge in [-0.05, 0) is 18.6 Å². The van der Waals surface area contributed by atoms with Crippen LogP contribution >= 0.6 is 0 Å². The van der Waals surface area contributed by atoms with E-state index in [-0.39, 0.29) is 6.04 Å². The van der Waals surface area contributed by atoms with Crippen LogP contribution in [0.5, 0.6) is 0 Å². The lowest BCUT2D eigenvalue weighted by molar-refractivity contribution is 0.471. The van der Waals surface area contributed by atoms with Crippen LogP contribution in [0.4, 0.5) is 0 Å². The molecular formula is C13H17N3. The number of benzene rings is 1. The van der Waals surface area contributed by atoms with Gasteiger partial charge in [0.05, 0.1) is 11.6 Å². The van der Waals surface area contributed by atoms with Gasteiger partial charge in [0.25, 0.3) is 0 Å². The van der Waals surface area contributed by atoms with Crippen LogP contribution in [-0.2, 0) is 5.54 Å². The number of nitrogens with two attached hydrogens (primary N) is 3. The van der Waals surface area contributed by atoms with Crippen molar-refractivity contribution >= 4 is 0 Å². The number of aryl methyl sites for hydroxylation is 1. The fourth-order valence-electron chi connectivity index (χ4n) is 1.92. The van der Waals surface area contributed by atoms with E-state index in [1.54, 1.807) is 6.08 Å². The van der Waals surface area contributed by atoms with Crippen molar-refractivity contribution in [3.8, 4) is 0 Å². The van der Waals surface area contributed by atoms with Gasteiger partial charge in [-0.2, -0.15) is 0 Å². The molecule has 0 radical (unpaired) electrons. The Hall–Kier alpha value is -1.58. The van der Waals surface area contributed by atoms with Crippen molar-refractivity contribution in [2.75, 3.05) is 0 Å². The fraction of sp³-hybridized carbons (Fsp3) is 0.231. The first-order valence-electron chi connectivity index (χ1n) is 5.30. The average molecular weight is 215 g/mol. The molecular weight excluding hydrogens is 198 g/mol. The van der Waals surface area contributed by atoms with E-state index >= 15 is 0 Å². The number of hydrogen-bond donors (Lipinski definition) is 3. The Labute approximate surface area is 95.6 Å². The summed E-state index contributed by atoms with van der Waals surface area (Å²) in [4.78, 5) is 0. The Bertz CT molecular complexity index is 445. The third-order valence-corrected chi connectivity index (χ3v) is 3.09. The molecule has 16 heavy (non-hydrogen) atoms. The van der Waals surface area contributed by atoms with Gasteiger partial charge in [0.15, 0.2) is 0 Å². The van der Waals surface area contributed by atoms with E-state index < -0.39 is 5.54 Å². The van der Waals surface area contributed by atoms with Crippen molar-refractivity contribution < 1.29 is 0 Å². The van der Waals surface area contributed by atoms with Crippen molar-refractivity contribution in [2.45, 2.75) is 18.5 Å². The molecule has 3 heteroatoms. The standard InChI is InChI=1S/C13H17N3/c1-9-4-6-10(7-5-9)13(16)8-2-3-11(14)12(13)15/h2-8,12H,14-16H2,1H3. The number of allylic oxidation sites excluding steroid dienone is 2. The minimum atomic E-state index is -0.702. The van der Waals surface area contributed by atoms with Crippen molar-refractivity contribution in [3.63, 3.8) is 0 Å². The van der Waals surface area contributed by atoms with E-state index in [1.807, 2.05) is 43.3 Å². The number of hydrogen-bond acceptors (Lipinski definition) is 3. The molecule has 1 aliphatic carbocycles. The Balaban J connectivity index is 2.43. The monoisotopic (exact) mass is 215 g/mol. The van der Waals surface area contributed by atoms with E-state index in [2.05, 4.69) is 0 Å². The maximum atomic E-state index is 6.33. The molecule has 0 fully saturated rings. The molecule has 3 nitrogen and oxygen atoms in total. The molecule has 0 heterocycles. The second-order valence-electron chi connectivity index (χ2n) is 4.30. The van der Waals surface area contributed by atoms with Crippen LogP contribution in [0, 0.1) is 6.92 Å². The van der Waals surface area contributed by atoms with E-state index in [4.69, 9.17) is 17.2 Å². The maximum absolute atomic E-state index is 6.33. The van der Waals surface area contributed by atoms with Gasteiger partial charge in [-0.1, -0.05) is 42.0 Å². The van der Waals surface area contributed by atoms with Crippen LogP contribution in [0.15, 0.2) is 48.2 Å². The summed E-state index contributed by atoms with van der Waals surface area (Å²) in [5, 5.41) is 0. The van der Waals surface area contributed by atoms with Gasteiger partial charge in [-0.25, -0.2) is 0 Å². The summed E-state index contributed by atoms with van der Waals surface area (Å²) in [7, 11) is 0. The molecule has 1 aromatic carbocycles. The second kappa shape index (κ2) is 3.77. The van der Waals surface area contributed by atoms with E-state index in [0.29, 0.717) is 5.70 Å². The average Bonchev–Trinajstić information content (AvgIpc) is 2.27. The summed E-state index contributed by atoms with van der Waals surface area (Å²) in [6, 6.07) is 7.68. The van der Waals surface area contributed by atoms with Crippen LogP contribution in [0.1, 0.15) is 11.1 Å². The Morgan fingerprint density at radius 1 is 1.19 bits per heavy atom. The first-order chi connectivity index (χ1) is 7.54. The molecule has 0 saturated carbocycles. The molecule has 0 saturated heterocycles. The lowest BCUT2D eigenvalue weighted by atomic mass is 9.79. The highest BCUT2D eigenvalue weighted by Gasteiger charge is 2.34. The highest BCUT2D eigenvalue weighted by molar-refractivity contribution is 5.41. The Morgan fingerprint density at radius 3 is 2.44 bits per heavy atom. The molecule has 6 N–H and O–H groups in total. The molecule has 1 aromatic rings. The van der Waals surface area contributed by atoms with Gasteiger partial charge in [0.1, 0.15) is 0 Å². The molecule has 2 unspecified atom stereocenters. The summed E-state index contributed by atoms with van der Waals surface area (Å²) in [5.41, 5.74) is 20.3. The summed E-state index contributed by atoms with van der Waals surface area (Å²) in [6.45, 7) is 2.04. The van der Waals surface area contributed by atoms with Gasteiger partial charge in [-0.15, -0.1) is 0 Å². The first kappa shape index (κ1) is 10.9. The molecule has 0 amide bonds. The summed E-state index contributed by atoms with van der Waals surface area (Å²) in [6.07, 6.45) is 5.56. The SMILES string of the molecule is Cc1ccc(C2(N)C=CC=C(N)C2N)cc1. The molecule has 2 rings (SSSR count). The van der Waals surface area contributed by atoms with Crippen LogP contribution in [0.2, 0.25) is 0 Å². The largest absolute Gasteiger partial charge is 0.401 e. The Morgan fingerprint density at radius 2 is 1.81 bits per heavy atom. The van der Waals surface area contributed by atoms with Gasteiger partial charge in [0, 0.05) is 5.70 Å². The quantitative estimate of drug-likeness (QED) is 0.651. The van der Waals surface area contributed by atoms with Crippen molar-refractivity contribution in [1.29, 1.82) is 0 Å². The van der Waals surface area contributed by atoms with E-state index in [1.165, 1.54) is 5.56 Å². The zero-order valence-corrected chi connectivity index (χ0v) is 9.35. The molecule has 1 aliphatic rings. The van der Waals surface area contributed by atoms with E-state index in [0.717, 1.165) is 5.56 Å². The normalized spacial score (nSPS) is 28.9. The highest BCUT2D eigenvalue weighted by Crippen LogP contribution is 2.28. The highest BCUT2D eigenvalue weighted by atomic mass is 14.9. The minimum Gasteiger partial charge on any atom is -0.401 e. The predicted octanol–water partition coefficient (Wildman–Crippen LogP) is 0.889. The molecule has 2 atom stereocenters. The Kier molecular flexibility index (Phi) is 2.58. The summed E-state index contributed by atoms with van der Waals surface area (Å²) < 4.78 is 0. The van der Waals surface area contributed by atoms with Crippen LogP contribution in [-0.4, -0.2) is 6.04 Å². The number of rotatable bonds is 1. The predicted molar refractivity (Wildman–Crippen MR) is 66.4 cm³/mol. The zero-order valence-electron chi connectivity index (χ0n) is 9.35. The molecule has 0 bridgehead atoms. The third kappa shape index (κ3) is 1.64. The lowest BCUT2D eigenvalue weighted by Gasteiger charge is -2.35. The smallest absolute Gasteiger partial charge is 0.0808 e. The third-order valence-electron chi connectivity index (χ3n) is 3.09. The molecule has 0 spiro atoms. The lowest BCUT2D eigenvalue weighted by Crippen LogP contribution is -2.54. The molecule has 84 valence electrons. The van der Waals surface area contributed by atoms with Crippen molar-refractivity contribution in [2.24, 2.45) is 17.2 Å². The topological polar surface area (TPSA) is 78.1 Å². The fourth-order valence-corrected chi connectivity index (χ4v) is 1.92. The van der Waals surface area contributed by atoms with E-state index in [9.17, 15) is 0 Å². The van der Waals surface area contributed by atoms with Crippen LogP contribution in [0.3, 0.4) is 0 Å². The maximum Gasteiger partial charge on any atom is 0.0808 e. The zero-order chi connectivity index (χ0) is 11.8. The van der Waals surface area contributed by atoms with Gasteiger partial charge < -0.3 is 17.2 Å². The van der Waals surface area contributed by atoms with Gasteiger partial charge in [0.2, 0.25) is 0 Å². The summed E-state index contributed by atoms with van der Waals surface area (Å²) in [5.74, 6) is 0. The van der Waals surface area contributed by atoms with Gasteiger partial charge >= 0.3 is 0 Å². The molecule has 0 aromatic heterocycles. The van der Waals surface area contributed by atoms with Crippen LogP contribution < -0.4 is 17.2 Å². The first-order valence-corrected chi connectivity index (χ1v) is 5.30. The minimum absolute atomic E-state index is 0.375. The van der Waals surface area contributed by atoms with Crippen molar-refractivity contribution in [3.05, 3.63) is 59.3 Å².